The van der Waals surface area contributed by atoms with Crippen molar-refractivity contribution >= 4 is 23.2 Å². The Bertz CT molecular complexity index is 814. The Morgan fingerprint density at radius 2 is 2.00 bits per heavy atom. The molecule has 0 aliphatic carbocycles. The first-order valence-corrected chi connectivity index (χ1v) is 7.13. The van der Waals surface area contributed by atoms with Crippen LogP contribution in [0.25, 0.3) is 5.65 Å². The number of halogens is 2. The molecule has 1 aromatic carbocycles. The lowest BCUT2D eigenvalue weighted by Gasteiger charge is -2.03. The molecule has 0 spiro atoms. The Morgan fingerprint density at radius 3 is 2.73 bits per heavy atom. The van der Waals surface area contributed by atoms with E-state index in [1.165, 1.54) is 12.1 Å². The Morgan fingerprint density at radius 1 is 1.23 bits per heavy atom. The molecule has 0 fully saturated rings. The summed E-state index contributed by atoms with van der Waals surface area (Å²) < 4.78 is 14.6. The summed E-state index contributed by atoms with van der Waals surface area (Å²) in [5, 5.41) is 3.35. The van der Waals surface area contributed by atoms with Gasteiger partial charge >= 0.3 is 0 Å². The van der Waals surface area contributed by atoms with E-state index in [1.807, 2.05) is 12.1 Å². The minimum atomic E-state index is -0.314. The van der Waals surface area contributed by atoms with E-state index in [0.29, 0.717) is 11.7 Å². The van der Waals surface area contributed by atoms with Gasteiger partial charge in [0, 0.05) is 6.20 Å². The first-order chi connectivity index (χ1) is 10.6. The van der Waals surface area contributed by atoms with Crippen LogP contribution in [-0.4, -0.2) is 15.3 Å². The number of aromatic nitrogens is 2. The van der Waals surface area contributed by atoms with Crippen LogP contribution >= 0.6 is 11.6 Å². The second-order valence-corrected chi connectivity index (χ2v) is 5.28. The van der Waals surface area contributed by atoms with E-state index in [4.69, 9.17) is 11.6 Å². The van der Waals surface area contributed by atoms with E-state index in [-0.39, 0.29) is 18.1 Å². The molecular formula is C16H13ClFN3O. The number of pyridine rings is 1. The SMILES string of the molecule is O=C(Cc1ccc(F)cc1)NCc1cn2c(Cl)cccc2n1. The molecule has 3 aromatic rings. The molecule has 0 aliphatic rings. The van der Waals surface area contributed by atoms with Crippen LogP contribution in [0.3, 0.4) is 0 Å². The molecule has 0 aliphatic heterocycles. The monoisotopic (exact) mass is 317 g/mol. The van der Waals surface area contributed by atoms with Crippen LogP contribution in [0, 0.1) is 5.82 Å². The predicted molar refractivity (Wildman–Crippen MR) is 82.2 cm³/mol. The molecule has 2 aromatic heterocycles. The van der Waals surface area contributed by atoms with E-state index in [9.17, 15) is 9.18 Å². The first-order valence-electron chi connectivity index (χ1n) is 6.75. The first kappa shape index (κ1) is 14.5. The smallest absolute Gasteiger partial charge is 0.224 e. The molecule has 4 nitrogen and oxygen atoms in total. The highest BCUT2D eigenvalue weighted by atomic mass is 35.5. The van der Waals surface area contributed by atoms with Gasteiger partial charge in [0.05, 0.1) is 18.7 Å². The number of imidazole rings is 1. The van der Waals surface area contributed by atoms with Crippen molar-refractivity contribution in [1.29, 1.82) is 0 Å². The van der Waals surface area contributed by atoms with Crippen LogP contribution in [0.4, 0.5) is 4.39 Å². The van der Waals surface area contributed by atoms with Crippen molar-refractivity contribution in [1.82, 2.24) is 14.7 Å². The number of carbonyl (C=O) groups is 1. The predicted octanol–water partition coefficient (Wildman–Crippen LogP) is 2.99. The lowest BCUT2D eigenvalue weighted by atomic mass is 10.1. The molecule has 0 unspecified atom stereocenters. The molecule has 0 saturated carbocycles. The van der Waals surface area contributed by atoms with Crippen molar-refractivity contribution in [2.75, 3.05) is 0 Å². The molecule has 6 heteroatoms. The summed E-state index contributed by atoms with van der Waals surface area (Å²) in [5.74, 6) is -0.458. The fraction of sp³-hybridized carbons (Fsp3) is 0.125. The van der Waals surface area contributed by atoms with Gasteiger partial charge in [0.25, 0.3) is 0 Å². The van der Waals surface area contributed by atoms with Gasteiger partial charge in [0.15, 0.2) is 0 Å². The van der Waals surface area contributed by atoms with Gasteiger partial charge in [-0.05, 0) is 29.8 Å². The van der Waals surface area contributed by atoms with Gasteiger partial charge in [-0.25, -0.2) is 9.37 Å². The van der Waals surface area contributed by atoms with Crippen molar-refractivity contribution in [3.05, 3.63) is 70.9 Å². The molecule has 0 bridgehead atoms. The summed E-state index contributed by atoms with van der Waals surface area (Å²) in [6, 6.07) is 11.3. The highest BCUT2D eigenvalue weighted by Gasteiger charge is 2.07. The van der Waals surface area contributed by atoms with Crippen molar-refractivity contribution < 1.29 is 9.18 Å². The van der Waals surface area contributed by atoms with E-state index >= 15 is 0 Å². The number of amides is 1. The molecule has 1 N–H and O–H groups in total. The number of hydrogen-bond acceptors (Lipinski definition) is 2. The summed E-state index contributed by atoms with van der Waals surface area (Å²) in [4.78, 5) is 16.3. The third-order valence-electron chi connectivity index (χ3n) is 3.24. The molecule has 3 rings (SSSR count). The molecule has 0 radical (unpaired) electrons. The Labute approximate surface area is 131 Å². The van der Waals surface area contributed by atoms with Crippen LogP contribution < -0.4 is 5.32 Å². The Balaban J connectivity index is 1.62. The third kappa shape index (κ3) is 3.26. The topological polar surface area (TPSA) is 46.4 Å². The van der Waals surface area contributed by atoms with Crippen LogP contribution in [0.1, 0.15) is 11.3 Å². The number of nitrogens with zero attached hydrogens (tertiary/aromatic N) is 2. The van der Waals surface area contributed by atoms with Gasteiger partial charge in [-0.15, -0.1) is 0 Å². The lowest BCUT2D eigenvalue weighted by molar-refractivity contribution is -0.120. The van der Waals surface area contributed by atoms with Crippen molar-refractivity contribution in [3.8, 4) is 0 Å². The minimum Gasteiger partial charge on any atom is -0.350 e. The fourth-order valence-corrected chi connectivity index (χ4v) is 2.36. The summed E-state index contributed by atoms with van der Waals surface area (Å²) in [6.45, 7) is 0.317. The van der Waals surface area contributed by atoms with Crippen LogP contribution in [0.5, 0.6) is 0 Å². The van der Waals surface area contributed by atoms with Crippen molar-refractivity contribution in [3.63, 3.8) is 0 Å². The summed E-state index contributed by atoms with van der Waals surface area (Å²) >= 11 is 6.06. The molecule has 1 amide bonds. The molecule has 112 valence electrons. The second kappa shape index (κ2) is 6.15. The molecule has 0 atom stereocenters. The zero-order valence-corrected chi connectivity index (χ0v) is 12.3. The zero-order valence-electron chi connectivity index (χ0n) is 11.6. The van der Waals surface area contributed by atoms with Crippen LogP contribution in [-0.2, 0) is 17.8 Å². The standard InChI is InChI=1S/C16H13ClFN3O/c17-14-2-1-3-15-20-13(10-21(14)15)9-19-16(22)8-11-4-6-12(18)7-5-11/h1-7,10H,8-9H2,(H,19,22). The Hall–Kier alpha value is -2.40. The van der Waals surface area contributed by atoms with Gasteiger partial charge in [0.2, 0.25) is 5.91 Å². The van der Waals surface area contributed by atoms with Gasteiger partial charge < -0.3 is 5.32 Å². The molecule has 22 heavy (non-hydrogen) atoms. The van der Waals surface area contributed by atoms with Crippen LogP contribution in [0.15, 0.2) is 48.7 Å². The average Bonchev–Trinajstić information content (AvgIpc) is 2.92. The maximum Gasteiger partial charge on any atom is 0.224 e. The maximum absolute atomic E-state index is 12.8. The third-order valence-corrected chi connectivity index (χ3v) is 3.54. The van der Waals surface area contributed by atoms with Gasteiger partial charge in [-0.2, -0.15) is 0 Å². The second-order valence-electron chi connectivity index (χ2n) is 4.89. The number of rotatable bonds is 4. The fourth-order valence-electron chi connectivity index (χ4n) is 2.15. The molecular weight excluding hydrogens is 305 g/mol. The van der Waals surface area contributed by atoms with E-state index in [2.05, 4.69) is 10.3 Å². The number of fused-ring (bicyclic) bond motifs is 1. The lowest BCUT2D eigenvalue weighted by Crippen LogP contribution is -2.24. The number of nitrogens with one attached hydrogen (secondary N) is 1. The highest BCUT2D eigenvalue weighted by molar-refractivity contribution is 6.29. The molecule has 2 heterocycles. The maximum atomic E-state index is 12.8. The minimum absolute atomic E-state index is 0.144. The van der Waals surface area contributed by atoms with Crippen LogP contribution in [0.2, 0.25) is 5.15 Å². The Kier molecular flexibility index (Phi) is 4.06. The summed E-state index contributed by atoms with van der Waals surface area (Å²) in [5.41, 5.74) is 2.22. The van der Waals surface area contributed by atoms with E-state index < -0.39 is 0 Å². The van der Waals surface area contributed by atoms with Gasteiger partial charge in [-0.1, -0.05) is 29.8 Å². The van der Waals surface area contributed by atoms with Crippen molar-refractivity contribution in [2.45, 2.75) is 13.0 Å². The van der Waals surface area contributed by atoms with Gasteiger partial charge in [0.1, 0.15) is 16.6 Å². The summed E-state index contributed by atoms with van der Waals surface area (Å²) in [7, 11) is 0. The summed E-state index contributed by atoms with van der Waals surface area (Å²) in [6.07, 6.45) is 1.99. The van der Waals surface area contributed by atoms with Gasteiger partial charge in [-0.3, -0.25) is 9.20 Å². The highest BCUT2D eigenvalue weighted by Crippen LogP contribution is 2.13. The van der Waals surface area contributed by atoms with Crippen molar-refractivity contribution in [2.24, 2.45) is 0 Å². The normalized spacial score (nSPS) is 10.8. The number of benzene rings is 1. The average molecular weight is 318 g/mol. The zero-order chi connectivity index (χ0) is 15.5. The quantitative estimate of drug-likeness (QED) is 0.752. The van der Waals surface area contributed by atoms with E-state index in [1.54, 1.807) is 28.8 Å². The largest absolute Gasteiger partial charge is 0.350 e. The number of carbonyl (C=O) groups excluding carboxylic acids is 1. The van der Waals surface area contributed by atoms with E-state index in [0.717, 1.165) is 16.9 Å². The molecule has 0 saturated heterocycles. The number of hydrogen-bond donors (Lipinski definition) is 1.